The first-order chi connectivity index (χ1) is 18.5. The lowest BCUT2D eigenvalue weighted by Gasteiger charge is -2.24. The summed E-state index contributed by atoms with van der Waals surface area (Å²) < 4.78 is 0. The van der Waals surface area contributed by atoms with Gasteiger partial charge in [0, 0.05) is 6.42 Å². The van der Waals surface area contributed by atoms with E-state index in [0.29, 0.717) is 5.56 Å². The van der Waals surface area contributed by atoms with Crippen LogP contribution in [0.2, 0.25) is 0 Å². The predicted octanol–water partition coefficient (Wildman–Crippen LogP) is -0.712. The van der Waals surface area contributed by atoms with Crippen LogP contribution in [0.5, 0.6) is 0 Å². The van der Waals surface area contributed by atoms with Crippen LogP contribution in [0.3, 0.4) is 0 Å². The average molecular weight is 543 g/mol. The lowest BCUT2D eigenvalue weighted by molar-refractivity contribution is -0.147. The van der Waals surface area contributed by atoms with E-state index in [1.54, 1.807) is 60.7 Å². The zero-order valence-electron chi connectivity index (χ0n) is 20.8. The normalized spacial score (nSPS) is 13.7. The quantitative estimate of drug-likeness (QED) is 0.150. The van der Waals surface area contributed by atoms with Crippen molar-refractivity contribution in [1.29, 1.82) is 0 Å². The smallest absolute Gasteiger partial charge is 0.326 e. The van der Waals surface area contributed by atoms with Crippen LogP contribution in [-0.2, 0) is 41.6 Å². The molecule has 13 heteroatoms. The predicted molar refractivity (Wildman–Crippen MR) is 136 cm³/mol. The average Bonchev–Trinajstić information content (AvgIpc) is 2.88. The Morgan fingerprint density at radius 2 is 1.00 bits per heavy atom. The van der Waals surface area contributed by atoms with Crippen molar-refractivity contribution in [1.82, 2.24) is 16.0 Å². The molecule has 0 heterocycles. The maximum absolute atomic E-state index is 13.1. The van der Waals surface area contributed by atoms with Gasteiger partial charge in [-0.05, 0) is 17.5 Å². The minimum Gasteiger partial charge on any atom is -0.481 e. The van der Waals surface area contributed by atoms with E-state index >= 15 is 0 Å². The van der Waals surface area contributed by atoms with Crippen molar-refractivity contribution < 1.29 is 44.1 Å². The molecule has 0 aromatic heterocycles. The monoisotopic (exact) mass is 542 g/mol. The summed E-state index contributed by atoms with van der Waals surface area (Å²) in [6, 6.07) is 11.2. The highest BCUT2D eigenvalue weighted by Gasteiger charge is 2.32. The fourth-order valence-electron chi connectivity index (χ4n) is 3.60. The number of rotatable bonds is 15. The third kappa shape index (κ3) is 10.6. The van der Waals surface area contributed by atoms with Crippen LogP contribution in [0.4, 0.5) is 0 Å². The first-order valence-electron chi connectivity index (χ1n) is 11.9. The van der Waals surface area contributed by atoms with Crippen molar-refractivity contribution in [3.63, 3.8) is 0 Å². The maximum atomic E-state index is 13.1. The van der Waals surface area contributed by atoms with Gasteiger partial charge in [-0.3, -0.25) is 24.0 Å². The molecule has 0 spiro atoms. The molecule has 0 aliphatic rings. The fourth-order valence-corrected chi connectivity index (χ4v) is 3.60. The first kappa shape index (κ1) is 30.4. The Labute approximate surface area is 223 Å². The summed E-state index contributed by atoms with van der Waals surface area (Å²) in [7, 11) is 0. The lowest BCUT2D eigenvalue weighted by Crippen LogP contribution is -2.58. The van der Waals surface area contributed by atoms with Gasteiger partial charge in [0.15, 0.2) is 0 Å². The van der Waals surface area contributed by atoms with Crippen LogP contribution in [0.1, 0.15) is 24.0 Å². The molecule has 2 rings (SSSR count). The van der Waals surface area contributed by atoms with Crippen LogP contribution in [0.25, 0.3) is 0 Å². The van der Waals surface area contributed by atoms with Crippen molar-refractivity contribution >= 4 is 35.6 Å². The van der Waals surface area contributed by atoms with E-state index in [9.17, 15) is 39.0 Å². The van der Waals surface area contributed by atoms with Gasteiger partial charge in [-0.1, -0.05) is 60.7 Å². The van der Waals surface area contributed by atoms with Gasteiger partial charge in [0.25, 0.3) is 0 Å². The molecule has 0 fully saturated rings. The molecule has 2 aromatic rings. The van der Waals surface area contributed by atoms with Crippen LogP contribution in [-0.4, -0.2) is 75.1 Å². The van der Waals surface area contributed by atoms with E-state index in [-0.39, 0.29) is 12.8 Å². The summed E-state index contributed by atoms with van der Waals surface area (Å²) in [5.41, 5.74) is 7.25. The SMILES string of the molecule is NC(Cc1ccccc1)C(=O)NC(CC(=O)O)C(=O)NC(Cc1ccccc1)C(=O)NC(CC(=O)O)C(=O)O. The summed E-state index contributed by atoms with van der Waals surface area (Å²) in [6.45, 7) is 0. The Bertz CT molecular complexity index is 1170. The molecule has 0 aliphatic carbocycles. The van der Waals surface area contributed by atoms with Crippen LogP contribution in [0.15, 0.2) is 60.7 Å². The fraction of sp³-hybridized carbons (Fsp3) is 0.308. The largest absolute Gasteiger partial charge is 0.481 e. The summed E-state index contributed by atoms with van der Waals surface area (Å²) in [5.74, 6) is -7.32. The van der Waals surface area contributed by atoms with Gasteiger partial charge >= 0.3 is 17.9 Å². The van der Waals surface area contributed by atoms with E-state index in [1.807, 2.05) is 0 Å². The Kier molecular flexibility index (Phi) is 11.6. The second-order valence-electron chi connectivity index (χ2n) is 8.70. The Morgan fingerprint density at radius 3 is 1.49 bits per heavy atom. The van der Waals surface area contributed by atoms with Gasteiger partial charge in [0.1, 0.15) is 18.1 Å². The minimum atomic E-state index is -1.78. The van der Waals surface area contributed by atoms with E-state index in [2.05, 4.69) is 16.0 Å². The topological polar surface area (TPSA) is 225 Å². The third-order valence-corrected chi connectivity index (χ3v) is 5.56. The maximum Gasteiger partial charge on any atom is 0.326 e. The number of carboxylic acid groups (broad SMARTS) is 3. The van der Waals surface area contributed by atoms with Crippen molar-refractivity contribution in [3.05, 3.63) is 71.8 Å². The molecule has 0 aliphatic heterocycles. The third-order valence-electron chi connectivity index (χ3n) is 5.56. The lowest BCUT2D eigenvalue weighted by atomic mass is 10.0. The Balaban J connectivity index is 2.21. The zero-order valence-corrected chi connectivity index (χ0v) is 20.8. The summed E-state index contributed by atoms with van der Waals surface area (Å²) >= 11 is 0. The second-order valence-corrected chi connectivity index (χ2v) is 8.70. The summed E-state index contributed by atoms with van der Waals surface area (Å²) in [5, 5.41) is 34.3. The molecule has 2 aromatic carbocycles. The van der Waals surface area contributed by atoms with Gasteiger partial charge in [-0.2, -0.15) is 0 Å². The number of amides is 3. The van der Waals surface area contributed by atoms with Gasteiger partial charge in [0.2, 0.25) is 17.7 Å². The van der Waals surface area contributed by atoms with Gasteiger partial charge in [-0.25, -0.2) is 4.79 Å². The number of hydrogen-bond donors (Lipinski definition) is 7. The number of carbonyl (C=O) groups excluding carboxylic acids is 3. The summed E-state index contributed by atoms with van der Waals surface area (Å²) in [4.78, 5) is 72.6. The number of nitrogens with one attached hydrogen (secondary N) is 3. The molecule has 4 atom stereocenters. The van der Waals surface area contributed by atoms with Crippen LogP contribution in [0, 0.1) is 0 Å². The van der Waals surface area contributed by atoms with Gasteiger partial charge in [0.05, 0.1) is 18.9 Å². The highest BCUT2D eigenvalue weighted by Crippen LogP contribution is 2.07. The molecule has 0 saturated heterocycles. The van der Waals surface area contributed by atoms with Crippen LogP contribution >= 0.6 is 0 Å². The molecular formula is C26H30N4O9. The highest BCUT2D eigenvalue weighted by atomic mass is 16.4. The molecule has 8 N–H and O–H groups in total. The number of carboxylic acids is 3. The van der Waals surface area contributed by atoms with Gasteiger partial charge < -0.3 is 37.0 Å². The number of carbonyl (C=O) groups is 6. The summed E-state index contributed by atoms with van der Waals surface area (Å²) in [6.07, 6.45) is -1.76. The standard InChI is InChI=1S/C26H30N4O9/c27-17(11-15-7-3-1-4-8-15)23(35)28-19(13-21(31)32)25(37)29-18(12-16-9-5-2-6-10-16)24(36)30-20(26(38)39)14-22(33)34/h1-10,17-20H,11-14,27H2,(H,28,35)(H,29,37)(H,30,36)(H,31,32)(H,33,34)(H,38,39). The van der Waals surface area contributed by atoms with E-state index in [0.717, 1.165) is 5.56 Å². The first-order valence-corrected chi connectivity index (χ1v) is 11.9. The molecular weight excluding hydrogens is 512 g/mol. The minimum absolute atomic E-state index is 0.118. The van der Waals surface area contributed by atoms with Crippen LogP contribution < -0.4 is 21.7 Å². The van der Waals surface area contributed by atoms with Crippen molar-refractivity contribution in [2.24, 2.45) is 5.73 Å². The van der Waals surface area contributed by atoms with Crippen molar-refractivity contribution in [3.8, 4) is 0 Å². The molecule has 208 valence electrons. The van der Waals surface area contributed by atoms with Crippen molar-refractivity contribution in [2.75, 3.05) is 0 Å². The Hall–Kier alpha value is -4.78. The molecule has 0 saturated carbocycles. The molecule has 0 bridgehead atoms. The molecule has 0 radical (unpaired) electrons. The molecule has 13 nitrogen and oxygen atoms in total. The number of benzene rings is 2. The Morgan fingerprint density at radius 1 is 0.590 bits per heavy atom. The van der Waals surface area contributed by atoms with Crippen molar-refractivity contribution in [2.45, 2.75) is 49.9 Å². The van der Waals surface area contributed by atoms with E-state index in [1.165, 1.54) is 0 Å². The highest BCUT2D eigenvalue weighted by molar-refractivity contribution is 5.96. The van der Waals surface area contributed by atoms with Gasteiger partial charge in [-0.15, -0.1) is 0 Å². The van der Waals surface area contributed by atoms with E-state index in [4.69, 9.17) is 10.8 Å². The molecule has 3 amide bonds. The number of hydrogen-bond acceptors (Lipinski definition) is 7. The molecule has 39 heavy (non-hydrogen) atoms. The second kappa shape index (κ2) is 14.8. The zero-order chi connectivity index (χ0) is 28.9. The van der Waals surface area contributed by atoms with E-state index < -0.39 is 72.6 Å². The number of nitrogens with two attached hydrogens (primary N) is 1. The molecule has 4 unspecified atom stereocenters. The number of aliphatic carboxylic acids is 3.